The van der Waals surface area contributed by atoms with Crippen LogP contribution in [-0.2, 0) is 14.8 Å². The zero-order valence-corrected chi connectivity index (χ0v) is 13.0. The molecule has 1 rings (SSSR count). The quantitative estimate of drug-likeness (QED) is 0.588. The minimum Gasteiger partial charge on any atom is -0.383 e. The van der Waals surface area contributed by atoms with Gasteiger partial charge in [0.2, 0.25) is 15.8 Å². The molecule has 0 aliphatic heterocycles. The van der Waals surface area contributed by atoms with Crippen molar-refractivity contribution in [3.05, 3.63) is 33.6 Å². The van der Waals surface area contributed by atoms with Crippen LogP contribution < -0.4 is 0 Å². The van der Waals surface area contributed by atoms with Crippen LogP contribution in [0.15, 0.2) is 17.0 Å². The molecule has 7 nitrogen and oxygen atoms in total. The third-order valence-corrected chi connectivity index (χ3v) is 5.24. The summed E-state index contributed by atoms with van der Waals surface area (Å²) in [5.41, 5.74) is -0.762. The third kappa shape index (κ3) is 3.55. The lowest BCUT2D eigenvalue weighted by molar-refractivity contribution is -0.387. The monoisotopic (exact) mass is 320 g/mol. The minimum atomic E-state index is -3.98. The van der Waals surface area contributed by atoms with Gasteiger partial charge in [-0.25, -0.2) is 8.42 Å². The molecule has 1 unspecified atom stereocenters. The maximum absolute atomic E-state index is 13.5. The molecule has 9 heteroatoms. The molecule has 1 atom stereocenters. The molecule has 0 N–H and O–H groups in total. The molecule has 0 aliphatic carbocycles. The Balaban J connectivity index is 3.38. The van der Waals surface area contributed by atoms with Gasteiger partial charge >= 0.3 is 5.69 Å². The summed E-state index contributed by atoms with van der Waals surface area (Å²) in [5, 5.41) is 10.8. The average Bonchev–Trinajstić information content (AvgIpc) is 2.37. The van der Waals surface area contributed by atoms with Gasteiger partial charge in [-0.2, -0.15) is 8.70 Å². The van der Waals surface area contributed by atoms with Crippen molar-refractivity contribution >= 4 is 15.7 Å². The summed E-state index contributed by atoms with van der Waals surface area (Å²) >= 11 is 0. The normalized spacial score (nSPS) is 13.4. The van der Waals surface area contributed by atoms with E-state index in [1.807, 2.05) is 0 Å². The van der Waals surface area contributed by atoms with Crippen LogP contribution in [0, 0.1) is 22.9 Å². The Bertz CT molecular complexity index is 647. The molecule has 1 aromatic rings. The number of methoxy groups -OCH3 is 1. The number of ether oxygens (including phenoxy) is 1. The first-order valence-electron chi connectivity index (χ1n) is 6.04. The van der Waals surface area contributed by atoms with Crippen LogP contribution in [0.2, 0.25) is 0 Å². The van der Waals surface area contributed by atoms with E-state index in [1.165, 1.54) is 21.1 Å². The van der Waals surface area contributed by atoms with E-state index in [4.69, 9.17) is 4.74 Å². The molecule has 0 saturated heterocycles. The number of halogens is 1. The first-order chi connectivity index (χ1) is 9.62. The highest BCUT2D eigenvalue weighted by molar-refractivity contribution is 7.89. The van der Waals surface area contributed by atoms with Gasteiger partial charge in [-0.3, -0.25) is 10.1 Å². The highest BCUT2D eigenvalue weighted by Gasteiger charge is 2.30. The van der Waals surface area contributed by atoms with Crippen LogP contribution in [-0.4, -0.2) is 44.5 Å². The van der Waals surface area contributed by atoms with Crippen LogP contribution in [0.4, 0.5) is 10.1 Å². The van der Waals surface area contributed by atoms with E-state index in [2.05, 4.69) is 0 Å². The number of nitro groups is 1. The number of hydrogen-bond acceptors (Lipinski definition) is 5. The molecule has 0 spiro atoms. The topological polar surface area (TPSA) is 89.8 Å². The number of sulfonamides is 1. The zero-order chi connectivity index (χ0) is 16.4. The number of rotatable bonds is 6. The van der Waals surface area contributed by atoms with Gasteiger partial charge in [0.05, 0.1) is 16.4 Å². The lowest BCUT2D eigenvalue weighted by Gasteiger charge is -2.24. The summed E-state index contributed by atoms with van der Waals surface area (Å²) in [5.74, 6) is -1.07. The van der Waals surface area contributed by atoms with Crippen LogP contribution in [0.1, 0.15) is 12.5 Å². The molecule has 0 bridgehead atoms. The Morgan fingerprint density at radius 2 is 2.05 bits per heavy atom. The fraction of sp³-hybridized carbons (Fsp3) is 0.500. The highest BCUT2D eigenvalue weighted by Crippen LogP contribution is 2.27. The maximum atomic E-state index is 13.5. The molecule has 21 heavy (non-hydrogen) atoms. The van der Waals surface area contributed by atoms with Crippen LogP contribution in [0.5, 0.6) is 0 Å². The van der Waals surface area contributed by atoms with Crippen molar-refractivity contribution in [3.8, 4) is 0 Å². The van der Waals surface area contributed by atoms with Crippen molar-refractivity contribution in [2.24, 2.45) is 0 Å². The van der Waals surface area contributed by atoms with E-state index in [1.54, 1.807) is 6.92 Å². The first kappa shape index (κ1) is 17.5. The van der Waals surface area contributed by atoms with E-state index in [9.17, 15) is 22.9 Å². The fourth-order valence-electron chi connectivity index (χ4n) is 1.80. The van der Waals surface area contributed by atoms with Crippen molar-refractivity contribution < 1.29 is 22.5 Å². The second-order valence-electron chi connectivity index (χ2n) is 4.65. The van der Waals surface area contributed by atoms with Gasteiger partial charge in [-0.05, 0) is 25.5 Å². The lowest BCUT2D eigenvalue weighted by atomic mass is 10.2. The Morgan fingerprint density at radius 1 is 1.48 bits per heavy atom. The van der Waals surface area contributed by atoms with Gasteiger partial charge in [-0.1, -0.05) is 0 Å². The maximum Gasteiger partial charge on any atom is 0.306 e. The molecule has 0 radical (unpaired) electrons. The van der Waals surface area contributed by atoms with Crippen molar-refractivity contribution in [2.45, 2.75) is 24.8 Å². The Morgan fingerprint density at radius 3 is 2.52 bits per heavy atom. The Hall–Kier alpha value is -1.58. The molecule has 1 aromatic carbocycles. The van der Waals surface area contributed by atoms with E-state index in [-0.39, 0.29) is 17.1 Å². The Labute approximate surface area is 122 Å². The van der Waals surface area contributed by atoms with Crippen molar-refractivity contribution in [2.75, 3.05) is 20.8 Å². The SMILES string of the molecule is COCC(C)N(C)S(=O)(=O)c1cc([N+](=O)[O-])c(F)cc1C. The molecular weight excluding hydrogens is 303 g/mol. The number of nitro benzene ring substituents is 1. The van der Waals surface area contributed by atoms with Crippen molar-refractivity contribution in [1.29, 1.82) is 0 Å². The molecule has 118 valence electrons. The summed E-state index contributed by atoms with van der Waals surface area (Å²) in [6.07, 6.45) is 0. The van der Waals surface area contributed by atoms with E-state index in [0.29, 0.717) is 0 Å². The smallest absolute Gasteiger partial charge is 0.306 e. The predicted molar refractivity (Wildman–Crippen MR) is 74.1 cm³/mol. The summed E-state index contributed by atoms with van der Waals surface area (Å²) < 4.78 is 44.4. The molecule has 0 aromatic heterocycles. The van der Waals surface area contributed by atoms with Gasteiger partial charge in [0.25, 0.3) is 0 Å². The Kier molecular flexibility index (Phi) is 5.37. The third-order valence-electron chi connectivity index (χ3n) is 3.13. The number of aryl methyl sites for hydroxylation is 1. The highest BCUT2D eigenvalue weighted by atomic mass is 32.2. The molecule has 0 aliphatic rings. The molecule has 0 saturated carbocycles. The predicted octanol–water partition coefficient (Wildman–Crippen LogP) is 1.70. The standard InChI is InChI=1S/C12H17FN2O5S/c1-8-5-10(13)11(15(16)17)6-12(8)21(18,19)14(3)9(2)7-20-4/h5-6,9H,7H2,1-4H3. The molecule has 0 heterocycles. The molecule has 0 fully saturated rings. The second kappa shape index (κ2) is 6.46. The average molecular weight is 320 g/mol. The van der Waals surface area contributed by atoms with Crippen molar-refractivity contribution in [1.82, 2.24) is 4.31 Å². The largest absolute Gasteiger partial charge is 0.383 e. The summed E-state index contributed by atoms with van der Waals surface area (Å²) in [6.45, 7) is 3.18. The summed E-state index contributed by atoms with van der Waals surface area (Å²) in [7, 11) is -1.21. The molecular formula is C12H17FN2O5S. The van der Waals surface area contributed by atoms with E-state index >= 15 is 0 Å². The van der Waals surface area contributed by atoms with Gasteiger partial charge in [0, 0.05) is 26.3 Å². The lowest BCUT2D eigenvalue weighted by Crippen LogP contribution is -2.38. The van der Waals surface area contributed by atoms with Gasteiger partial charge in [0.1, 0.15) is 0 Å². The fourth-order valence-corrected chi connectivity index (χ4v) is 3.37. The number of likely N-dealkylation sites (N-methyl/N-ethyl adjacent to an activating group) is 1. The number of benzene rings is 1. The van der Waals surface area contributed by atoms with Crippen molar-refractivity contribution in [3.63, 3.8) is 0 Å². The zero-order valence-electron chi connectivity index (χ0n) is 12.2. The van der Waals surface area contributed by atoms with Crippen LogP contribution in [0.25, 0.3) is 0 Å². The van der Waals surface area contributed by atoms with E-state index in [0.717, 1.165) is 16.4 Å². The first-order valence-corrected chi connectivity index (χ1v) is 7.48. The van der Waals surface area contributed by atoms with Gasteiger partial charge in [0.15, 0.2) is 0 Å². The molecule has 0 amide bonds. The van der Waals surface area contributed by atoms with Crippen LogP contribution in [0.3, 0.4) is 0 Å². The number of nitrogens with zero attached hydrogens (tertiary/aromatic N) is 2. The summed E-state index contributed by atoms with van der Waals surface area (Å²) in [6, 6.07) is 1.12. The van der Waals surface area contributed by atoms with Crippen LogP contribution >= 0.6 is 0 Å². The van der Waals surface area contributed by atoms with E-state index < -0.39 is 32.5 Å². The van der Waals surface area contributed by atoms with Gasteiger partial charge < -0.3 is 4.74 Å². The number of hydrogen-bond donors (Lipinski definition) is 0. The summed E-state index contributed by atoms with van der Waals surface area (Å²) in [4.78, 5) is 9.51. The second-order valence-corrected chi connectivity index (χ2v) is 6.62. The van der Waals surface area contributed by atoms with Gasteiger partial charge in [-0.15, -0.1) is 0 Å². The minimum absolute atomic E-state index is 0.106.